The molecule has 1 N–H and O–H groups in total. The van der Waals surface area contributed by atoms with Crippen LogP contribution in [0.25, 0.3) is 0 Å². The molecule has 2 fully saturated rings. The molecule has 1 aliphatic carbocycles. The van der Waals surface area contributed by atoms with Gasteiger partial charge in [0.25, 0.3) is 0 Å². The maximum Gasteiger partial charge on any atom is 0.238 e. The Balaban J connectivity index is 1.67. The maximum absolute atomic E-state index is 12.0. The lowest BCUT2D eigenvalue weighted by atomic mass is 9.83. The summed E-state index contributed by atoms with van der Waals surface area (Å²) < 4.78 is 5.18. The molecule has 2 aliphatic rings. The summed E-state index contributed by atoms with van der Waals surface area (Å²) in [7, 11) is 1.66. The molecule has 1 aromatic rings. The fourth-order valence-electron chi connectivity index (χ4n) is 2.98. The molecule has 0 spiro atoms. The van der Waals surface area contributed by atoms with Crippen LogP contribution in [-0.4, -0.2) is 31.0 Å². The molecular formula is C16H22N2O2. The molecule has 4 nitrogen and oxygen atoms in total. The first-order valence-electron chi connectivity index (χ1n) is 7.45. The molecule has 1 amide bonds. The summed E-state index contributed by atoms with van der Waals surface area (Å²) in [4.78, 5) is 14.0. The number of carbonyl (C=O) groups excluding carboxylic acids is 1. The van der Waals surface area contributed by atoms with Gasteiger partial charge in [0.2, 0.25) is 5.91 Å². The van der Waals surface area contributed by atoms with E-state index in [0.29, 0.717) is 6.54 Å². The van der Waals surface area contributed by atoms with Crippen molar-refractivity contribution in [1.82, 2.24) is 10.2 Å². The summed E-state index contributed by atoms with van der Waals surface area (Å²) in [6.45, 7) is 1.31. The van der Waals surface area contributed by atoms with Crippen molar-refractivity contribution in [3.8, 4) is 5.75 Å². The van der Waals surface area contributed by atoms with Crippen molar-refractivity contribution < 1.29 is 9.53 Å². The van der Waals surface area contributed by atoms with Gasteiger partial charge >= 0.3 is 0 Å². The van der Waals surface area contributed by atoms with Gasteiger partial charge in [-0.25, -0.2) is 0 Å². The van der Waals surface area contributed by atoms with Gasteiger partial charge in [0.15, 0.2) is 0 Å². The van der Waals surface area contributed by atoms with Crippen molar-refractivity contribution in [2.24, 2.45) is 5.92 Å². The van der Waals surface area contributed by atoms with Crippen LogP contribution in [0.1, 0.15) is 37.4 Å². The third-order valence-electron chi connectivity index (χ3n) is 4.51. The molecule has 20 heavy (non-hydrogen) atoms. The molecule has 1 saturated heterocycles. The molecule has 1 aromatic carbocycles. The van der Waals surface area contributed by atoms with E-state index in [0.717, 1.165) is 30.2 Å². The number of benzene rings is 1. The van der Waals surface area contributed by atoms with Gasteiger partial charge in [-0.15, -0.1) is 0 Å². The van der Waals surface area contributed by atoms with E-state index in [1.165, 1.54) is 19.3 Å². The predicted octanol–water partition coefficient (Wildman–Crippen LogP) is 2.32. The molecule has 0 bridgehead atoms. The first-order valence-corrected chi connectivity index (χ1v) is 7.45. The van der Waals surface area contributed by atoms with Gasteiger partial charge in [-0.3, -0.25) is 10.1 Å². The van der Waals surface area contributed by atoms with E-state index in [-0.39, 0.29) is 12.1 Å². The second-order valence-corrected chi connectivity index (χ2v) is 5.73. The van der Waals surface area contributed by atoms with Crippen molar-refractivity contribution in [2.45, 2.75) is 31.8 Å². The summed E-state index contributed by atoms with van der Waals surface area (Å²) in [5, 5.41) is 3.31. The Morgan fingerprint density at radius 3 is 2.65 bits per heavy atom. The molecule has 1 atom stereocenters. The van der Waals surface area contributed by atoms with E-state index in [4.69, 9.17) is 4.74 Å². The highest BCUT2D eigenvalue weighted by atomic mass is 16.5. The zero-order valence-corrected chi connectivity index (χ0v) is 12.0. The zero-order chi connectivity index (χ0) is 13.9. The number of nitrogens with zero attached hydrogens (tertiary/aromatic N) is 1. The fourth-order valence-corrected chi connectivity index (χ4v) is 2.98. The number of nitrogens with one attached hydrogen (secondary N) is 1. The Kier molecular flexibility index (Phi) is 3.92. The molecule has 0 aromatic heterocycles. The topological polar surface area (TPSA) is 41.6 Å². The number of amides is 1. The minimum Gasteiger partial charge on any atom is -0.497 e. The van der Waals surface area contributed by atoms with Crippen molar-refractivity contribution in [2.75, 3.05) is 20.2 Å². The lowest BCUT2D eigenvalue weighted by Gasteiger charge is -2.30. The first kappa shape index (κ1) is 13.4. The lowest BCUT2D eigenvalue weighted by molar-refractivity contribution is -0.128. The van der Waals surface area contributed by atoms with Gasteiger partial charge in [0, 0.05) is 6.54 Å². The highest BCUT2D eigenvalue weighted by molar-refractivity contribution is 5.80. The smallest absolute Gasteiger partial charge is 0.238 e. The third-order valence-corrected chi connectivity index (χ3v) is 4.51. The van der Waals surface area contributed by atoms with Gasteiger partial charge < -0.3 is 9.64 Å². The molecule has 4 heteroatoms. The quantitative estimate of drug-likeness (QED) is 0.896. The normalized spacial score (nSPS) is 22.9. The summed E-state index contributed by atoms with van der Waals surface area (Å²) in [5.41, 5.74) is 1.13. The Morgan fingerprint density at radius 1 is 1.30 bits per heavy atom. The molecular weight excluding hydrogens is 252 g/mol. The molecule has 1 unspecified atom stereocenters. The van der Waals surface area contributed by atoms with Gasteiger partial charge in [0.1, 0.15) is 11.9 Å². The average molecular weight is 274 g/mol. The predicted molar refractivity (Wildman–Crippen MR) is 77.4 cm³/mol. The van der Waals surface area contributed by atoms with Crippen LogP contribution >= 0.6 is 0 Å². The van der Waals surface area contributed by atoms with Crippen molar-refractivity contribution in [1.29, 1.82) is 0 Å². The number of carbonyl (C=O) groups is 1. The third kappa shape index (κ3) is 2.66. The Bertz CT molecular complexity index is 468. The summed E-state index contributed by atoms with van der Waals surface area (Å²) in [6.07, 6.45) is 5.19. The summed E-state index contributed by atoms with van der Waals surface area (Å²) in [6, 6.07) is 7.96. The summed E-state index contributed by atoms with van der Waals surface area (Å²) >= 11 is 0. The standard InChI is InChI=1S/C16H22N2O2/c1-20-14-7-5-13(6-8-14)16-17-11-15(19)18(16)10-9-12-3-2-4-12/h5-8,12,16-17H,2-4,9-11H2,1H3. The highest BCUT2D eigenvalue weighted by Crippen LogP contribution is 2.31. The number of ether oxygens (including phenoxy) is 1. The zero-order valence-electron chi connectivity index (χ0n) is 12.0. The van der Waals surface area contributed by atoms with Crippen LogP contribution < -0.4 is 10.1 Å². The van der Waals surface area contributed by atoms with Crippen LogP contribution in [0.2, 0.25) is 0 Å². The lowest BCUT2D eigenvalue weighted by Crippen LogP contribution is -2.33. The van der Waals surface area contributed by atoms with Gasteiger partial charge in [-0.2, -0.15) is 0 Å². The number of rotatable bonds is 5. The Labute approximate surface area is 120 Å². The maximum atomic E-state index is 12.0. The van der Waals surface area contributed by atoms with Crippen LogP contribution in [0.15, 0.2) is 24.3 Å². The largest absolute Gasteiger partial charge is 0.497 e. The van der Waals surface area contributed by atoms with Crippen molar-refractivity contribution in [3.05, 3.63) is 29.8 Å². The van der Waals surface area contributed by atoms with Crippen LogP contribution in [0, 0.1) is 5.92 Å². The SMILES string of the molecule is COc1ccc(C2NCC(=O)N2CCC2CCC2)cc1. The molecule has 1 saturated carbocycles. The monoisotopic (exact) mass is 274 g/mol. The van der Waals surface area contributed by atoms with E-state index >= 15 is 0 Å². The second-order valence-electron chi connectivity index (χ2n) is 5.73. The number of hydrogen-bond acceptors (Lipinski definition) is 3. The molecule has 0 radical (unpaired) electrons. The van der Waals surface area contributed by atoms with Crippen molar-refractivity contribution in [3.63, 3.8) is 0 Å². The highest BCUT2D eigenvalue weighted by Gasteiger charge is 2.32. The van der Waals surface area contributed by atoms with Crippen LogP contribution in [0.3, 0.4) is 0 Å². The van der Waals surface area contributed by atoms with E-state index < -0.39 is 0 Å². The van der Waals surface area contributed by atoms with Gasteiger partial charge in [-0.1, -0.05) is 31.4 Å². The molecule has 1 aliphatic heterocycles. The average Bonchev–Trinajstić information content (AvgIpc) is 2.79. The first-order chi connectivity index (χ1) is 9.78. The Morgan fingerprint density at radius 2 is 2.05 bits per heavy atom. The molecule has 1 heterocycles. The van der Waals surface area contributed by atoms with E-state index in [2.05, 4.69) is 5.32 Å². The van der Waals surface area contributed by atoms with Gasteiger partial charge in [-0.05, 0) is 30.0 Å². The van der Waals surface area contributed by atoms with Crippen LogP contribution in [0.5, 0.6) is 5.75 Å². The van der Waals surface area contributed by atoms with E-state index in [9.17, 15) is 4.79 Å². The van der Waals surface area contributed by atoms with Gasteiger partial charge in [0.05, 0.1) is 13.7 Å². The minimum absolute atomic E-state index is 0.0217. The Hall–Kier alpha value is -1.55. The van der Waals surface area contributed by atoms with Crippen LogP contribution in [0.4, 0.5) is 0 Å². The van der Waals surface area contributed by atoms with Crippen LogP contribution in [-0.2, 0) is 4.79 Å². The van der Waals surface area contributed by atoms with E-state index in [1.807, 2.05) is 29.2 Å². The summed E-state index contributed by atoms with van der Waals surface area (Å²) in [5.74, 6) is 1.89. The van der Waals surface area contributed by atoms with E-state index in [1.54, 1.807) is 7.11 Å². The number of methoxy groups -OCH3 is 1. The fraction of sp³-hybridized carbons (Fsp3) is 0.562. The second kappa shape index (κ2) is 5.83. The molecule has 3 rings (SSSR count). The molecule has 108 valence electrons. The van der Waals surface area contributed by atoms with Crippen molar-refractivity contribution >= 4 is 5.91 Å². The minimum atomic E-state index is 0.0217. The number of hydrogen-bond donors (Lipinski definition) is 1.